The van der Waals surface area contributed by atoms with Gasteiger partial charge in [0.2, 0.25) is 0 Å². The van der Waals surface area contributed by atoms with Crippen molar-refractivity contribution in [3.8, 4) is 33.6 Å². The molecule has 12 aromatic rings. The number of hydrogen-bond acceptors (Lipinski definition) is 3. The maximum atomic E-state index is 5.33. The lowest BCUT2D eigenvalue weighted by Gasteiger charge is -2.45. The lowest BCUT2D eigenvalue weighted by atomic mass is 9.33. The van der Waals surface area contributed by atoms with Crippen molar-refractivity contribution < 1.29 is 0 Å². The fourth-order valence-corrected chi connectivity index (χ4v) is 11.2. The number of fused-ring (bicyclic) bond motifs is 12. The summed E-state index contributed by atoms with van der Waals surface area (Å²) < 4.78 is 0. The second-order valence-corrected chi connectivity index (χ2v) is 17.8. The van der Waals surface area contributed by atoms with E-state index < -0.39 is 0 Å². The third-order valence-corrected chi connectivity index (χ3v) is 14.2. The molecular weight excluding hydrogens is 810 g/mol. The van der Waals surface area contributed by atoms with Crippen LogP contribution < -0.4 is 26.2 Å². The van der Waals surface area contributed by atoms with E-state index in [1.54, 1.807) is 0 Å². The minimum absolute atomic E-state index is 0.0621. The Balaban J connectivity index is 1.15. The van der Waals surface area contributed by atoms with Gasteiger partial charge < -0.3 is 9.80 Å². The maximum Gasteiger partial charge on any atom is 0.252 e. The Morgan fingerprint density at radius 1 is 0.299 bits per heavy atom. The van der Waals surface area contributed by atoms with Crippen LogP contribution in [0.2, 0.25) is 0 Å². The molecule has 3 heterocycles. The quantitative estimate of drug-likeness (QED) is 0.127. The summed E-state index contributed by atoms with van der Waals surface area (Å²) in [5, 5.41) is 9.96. The highest BCUT2D eigenvalue weighted by Crippen LogP contribution is 2.50. The van der Waals surface area contributed by atoms with E-state index in [2.05, 4.69) is 252 Å². The molecule has 67 heavy (non-hydrogen) atoms. The predicted molar refractivity (Wildman–Crippen MR) is 285 cm³/mol. The van der Waals surface area contributed by atoms with Gasteiger partial charge in [-0.15, -0.1) is 0 Å². The van der Waals surface area contributed by atoms with Crippen LogP contribution in [0.4, 0.5) is 34.1 Å². The van der Waals surface area contributed by atoms with E-state index in [-0.39, 0.29) is 6.71 Å². The van der Waals surface area contributed by atoms with Crippen molar-refractivity contribution in [3.05, 3.63) is 243 Å². The highest BCUT2D eigenvalue weighted by atomic mass is 15.2. The molecule has 0 aliphatic carbocycles. The van der Waals surface area contributed by atoms with Crippen LogP contribution in [0.3, 0.4) is 0 Å². The molecule has 0 spiro atoms. The highest BCUT2D eigenvalue weighted by molar-refractivity contribution is 7.00. The lowest BCUT2D eigenvalue weighted by molar-refractivity contribution is 1.26. The van der Waals surface area contributed by atoms with Crippen LogP contribution >= 0.6 is 0 Å². The van der Waals surface area contributed by atoms with Gasteiger partial charge in [0.1, 0.15) is 0 Å². The summed E-state index contributed by atoms with van der Waals surface area (Å²) in [5.74, 6) is 0. The van der Waals surface area contributed by atoms with Gasteiger partial charge in [-0.05, 0) is 108 Å². The van der Waals surface area contributed by atoms with E-state index in [1.807, 2.05) is 0 Å². The maximum absolute atomic E-state index is 5.33. The number of benzene rings is 11. The molecule has 0 atom stereocenters. The van der Waals surface area contributed by atoms with Gasteiger partial charge in [0.15, 0.2) is 0 Å². The average Bonchev–Trinajstić information content (AvgIpc) is 3.41. The molecule has 11 aromatic carbocycles. The molecule has 1 aromatic heterocycles. The zero-order valence-electron chi connectivity index (χ0n) is 36.5. The predicted octanol–water partition coefficient (Wildman–Crippen LogP) is 14.8. The number of pyridine rings is 1. The number of nitrogens with zero attached hydrogens (tertiary/aromatic N) is 3. The Labute approximate surface area is 389 Å². The van der Waals surface area contributed by atoms with Gasteiger partial charge in [0.25, 0.3) is 6.71 Å². The van der Waals surface area contributed by atoms with E-state index >= 15 is 0 Å². The first kappa shape index (κ1) is 37.6. The average molecular weight is 850 g/mol. The molecule has 2 aliphatic heterocycles. The van der Waals surface area contributed by atoms with E-state index in [0.29, 0.717) is 0 Å². The van der Waals surface area contributed by atoms with Gasteiger partial charge in [-0.25, -0.2) is 4.98 Å². The molecule has 4 heteroatoms. The Hall–Kier alpha value is -8.73. The fourth-order valence-electron chi connectivity index (χ4n) is 11.2. The van der Waals surface area contributed by atoms with Crippen molar-refractivity contribution in [2.24, 2.45) is 0 Å². The third kappa shape index (κ3) is 5.83. The molecule has 3 nitrogen and oxygen atoms in total. The minimum Gasteiger partial charge on any atom is -0.311 e. The Morgan fingerprint density at radius 3 is 1.15 bits per heavy atom. The van der Waals surface area contributed by atoms with Gasteiger partial charge in [0, 0.05) is 56.0 Å². The Bertz CT molecular complexity index is 3680. The molecule has 0 saturated carbocycles. The lowest BCUT2D eigenvalue weighted by Crippen LogP contribution is -2.61. The number of hydrogen-bond donors (Lipinski definition) is 0. The van der Waals surface area contributed by atoms with Crippen LogP contribution in [0.1, 0.15) is 0 Å². The monoisotopic (exact) mass is 849 g/mol. The largest absolute Gasteiger partial charge is 0.311 e. The van der Waals surface area contributed by atoms with Crippen LogP contribution in [-0.2, 0) is 0 Å². The number of rotatable bonds is 5. The summed E-state index contributed by atoms with van der Waals surface area (Å²) in [7, 11) is 0. The molecule has 2 aliphatic rings. The highest BCUT2D eigenvalue weighted by Gasteiger charge is 2.45. The molecule has 14 rings (SSSR count). The van der Waals surface area contributed by atoms with Crippen molar-refractivity contribution in [1.29, 1.82) is 0 Å². The molecule has 0 bridgehead atoms. The molecule has 0 N–H and O–H groups in total. The standard InChI is InChI=1S/C63H40BN3/c1-5-19-43(20-6-1)57-37-45(38-58(65-57)44-21-7-2-8-22-44)46-39-59-61-60(40-46)67(48-25-11-4-12-26-48)63-54-32-30-42-18-14-16-28-50(42)52(54)34-36-56(63)64(61)55-35-33-51-49-27-15-13-17-41(49)29-31-53(51)62(55)66(59)47-23-9-3-10-24-47/h1-40H. The summed E-state index contributed by atoms with van der Waals surface area (Å²) in [6.45, 7) is -0.0621. The first-order chi connectivity index (χ1) is 33.2. The summed E-state index contributed by atoms with van der Waals surface area (Å²) in [4.78, 5) is 10.5. The zero-order chi connectivity index (χ0) is 44.0. The van der Waals surface area contributed by atoms with E-state index in [9.17, 15) is 0 Å². The van der Waals surface area contributed by atoms with E-state index in [0.717, 1.165) is 45.0 Å². The SMILES string of the molecule is c1ccc(-c2cc(-c3cc4c5c(c3)N(c3ccccc3)c3c(ccc6c3ccc3ccccc36)B5c3ccc5c(ccc6ccccc65)c3N4c3ccccc3)cc(-c3ccccc3)n2)cc1. The van der Waals surface area contributed by atoms with Crippen molar-refractivity contribution in [1.82, 2.24) is 4.98 Å². The third-order valence-electron chi connectivity index (χ3n) is 14.2. The molecule has 310 valence electrons. The number of para-hydroxylation sites is 2. The second-order valence-electron chi connectivity index (χ2n) is 17.8. The minimum atomic E-state index is -0.0621. The molecular formula is C63H40BN3. The fraction of sp³-hybridized carbons (Fsp3) is 0. The van der Waals surface area contributed by atoms with Gasteiger partial charge >= 0.3 is 0 Å². The zero-order valence-corrected chi connectivity index (χ0v) is 36.5. The van der Waals surface area contributed by atoms with Crippen molar-refractivity contribution >= 4 is 100 Å². The molecule has 0 unspecified atom stereocenters. The summed E-state index contributed by atoms with van der Waals surface area (Å²) in [6, 6.07) is 89.2. The first-order valence-corrected chi connectivity index (χ1v) is 23.2. The van der Waals surface area contributed by atoms with Gasteiger partial charge in [0.05, 0.1) is 11.4 Å². The van der Waals surface area contributed by atoms with Gasteiger partial charge in [-0.2, -0.15) is 0 Å². The molecule has 0 radical (unpaired) electrons. The van der Waals surface area contributed by atoms with Crippen LogP contribution in [-0.4, -0.2) is 11.7 Å². The molecule has 0 fully saturated rings. The number of aromatic nitrogens is 1. The Kier molecular flexibility index (Phi) is 8.38. The number of anilines is 6. The van der Waals surface area contributed by atoms with E-state index in [1.165, 1.54) is 82.2 Å². The molecule has 0 amide bonds. The van der Waals surface area contributed by atoms with Gasteiger partial charge in [-0.3, -0.25) is 0 Å². The normalized spacial score (nSPS) is 12.7. The summed E-state index contributed by atoms with van der Waals surface area (Å²) in [5.41, 5.74) is 17.2. The second kappa shape index (κ2) is 14.9. The van der Waals surface area contributed by atoms with E-state index in [4.69, 9.17) is 4.98 Å². The van der Waals surface area contributed by atoms with Crippen LogP contribution in [0.5, 0.6) is 0 Å². The molecule has 0 saturated heterocycles. The van der Waals surface area contributed by atoms with Crippen molar-refractivity contribution in [2.75, 3.05) is 9.80 Å². The van der Waals surface area contributed by atoms with Crippen LogP contribution in [0.25, 0.3) is 76.7 Å². The van der Waals surface area contributed by atoms with Crippen LogP contribution in [0.15, 0.2) is 243 Å². The first-order valence-electron chi connectivity index (χ1n) is 23.2. The van der Waals surface area contributed by atoms with Crippen LogP contribution in [0, 0.1) is 0 Å². The summed E-state index contributed by atoms with van der Waals surface area (Å²) in [6.07, 6.45) is 0. The topological polar surface area (TPSA) is 19.4 Å². The van der Waals surface area contributed by atoms with Gasteiger partial charge in [-0.1, -0.05) is 194 Å². The van der Waals surface area contributed by atoms with Crippen molar-refractivity contribution in [2.45, 2.75) is 0 Å². The van der Waals surface area contributed by atoms with Crippen molar-refractivity contribution in [3.63, 3.8) is 0 Å². The summed E-state index contributed by atoms with van der Waals surface area (Å²) >= 11 is 0. The Morgan fingerprint density at radius 2 is 0.687 bits per heavy atom. The smallest absolute Gasteiger partial charge is 0.252 e.